The minimum atomic E-state index is -1.87. The largest absolute Gasteiger partial charge is 0.394 e. The summed E-state index contributed by atoms with van der Waals surface area (Å²) in [7, 11) is 6.46. The van der Waals surface area contributed by atoms with E-state index in [9.17, 15) is 82.4 Å². The Balaban J connectivity index is 2.56. The highest BCUT2D eigenvalue weighted by Crippen LogP contribution is 2.16. The SMILES string of the molecule is CCCC[C@H](NC(=O)[C@H](CCC(=O)[C@H](CO)NC(=O)[C@H](CCC(N)=O)NC(=O)[C@H](CCN(C)C)NC(=O)[C@H](CO)NC(=O)[C@H](CCC(N)=O)NC(=O)[C@@H](CO)NC(=O)CNC(=O)COCCOCCNC(=O)COCCOCCCC(=O)CCCCCCCCCCCCCCCc1nn[nH]n1)N(C)C)C(C)=O. The Hall–Kier alpha value is -8.11. The summed E-state index contributed by atoms with van der Waals surface area (Å²) in [6, 6.07) is -11.7. The zero-order valence-corrected chi connectivity index (χ0v) is 64.2. The summed E-state index contributed by atoms with van der Waals surface area (Å²) >= 11 is 0. The Labute approximate surface area is 633 Å². The van der Waals surface area contributed by atoms with E-state index in [0.29, 0.717) is 38.7 Å². The molecule has 0 saturated carbocycles. The van der Waals surface area contributed by atoms with Crippen molar-refractivity contribution in [1.82, 2.24) is 78.3 Å². The number of carbonyl (C=O) groups is 14. The van der Waals surface area contributed by atoms with Gasteiger partial charge in [0.05, 0.1) is 71.5 Å². The predicted octanol–water partition coefficient (Wildman–Crippen LogP) is -3.24. The molecule has 0 radical (unpaired) electrons. The fraction of sp³-hybridized carbons (Fsp3) is 0.786. The minimum Gasteiger partial charge on any atom is -0.394 e. The second kappa shape index (κ2) is 60.8. The van der Waals surface area contributed by atoms with Gasteiger partial charge in [-0.3, -0.25) is 72.0 Å². The number of aryl methyl sites for hydroxylation is 1. The number of tetrazole rings is 1. The van der Waals surface area contributed by atoms with E-state index < -0.39 is 172 Å². The van der Waals surface area contributed by atoms with Crippen LogP contribution < -0.4 is 59.3 Å². The second-order valence-electron chi connectivity index (χ2n) is 26.9. The number of aromatic amines is 1. The van der Waals surface area contributed by atoms with Crippen LogP contribution in [0.4, 0.5) is 0 Å². The number of ketones is 3. The number of likely N-dealkylation sites (N-methyl/N-ethyl adjacent to an activating group) is 1. The molecule has 0 aliphatic rings. The van der Waals surface area contributed by atoms with Crippen LogP contribution >= 0.6 is 0 Å². The molecular weight excluding hydrogens is 1410 g/mol. The first-order valence-corrected chi connectivity index (χ1v) is 37.6. The summed E-state index contributed by atoms with van der Waals surface area (Å²) in [5, 5.41) is 66.1. The highest BCUT2D eigenvalue weighted by molar-refractivity contribution is 5.98. The third-order valence-electron chi connectivity index (χ3n) is 17.1. The number of carbonyl (C=O) groups excluding carboxylic acids is 14. The van der Waals surface area contributed by atoms with Gasteiger partial charge in [-0.1, -0.05) is 95.6 Å². The average Bonchev–Trinajstić information content (AvgIpc) is 0.975. The summed E-state index contributed by atoms with van der Waals surface area (Å²) < 4.78 is 21.6. The van der Waals surface area contributed by atoms with E-state index in [1.807, 2.05) is 6.92 Å². The molecule has 0 fully saturated rings. The van der Waals surface area contributed by atoms with E-state index in [4.69, 9.17) is 30.4 Å². The van der Waals surface area contributed by atoms with Crippen LogP contribution in [0.2, 0.25) is 0 Å². The molecule has 0 bridgehead atoms. The lowest BCUT2D eigenvalue weighted by Crippen LogP contribution is -2.61. The topological polar surface area (TPSA) is 558 Å². The number of ether oxygens (including phenoxy) is 4. The summed E-state index contributed by atoms with van der Waals surface area (Å²) in [6.07, 6.45) is 17.5. The summed E-state index contributed by atoms with van der Waals surface area (Å²) in [5.41, 5.74) is 10.7. The number of nitrogens with one attached hydrogen (secondary N) is 10. The van der Waals surface area contributed by atoms with Crippen LogP contribution in [0.25, 0.3) is 0 Å². The van der Waals surface area contributed by atoms with E-state index in [0.717, 1.165) is 44.3 Å². The molecule has 11 amide bonds. The third-order valence-corrected chi connectivity index (χ3v) is 17.1. The van der Waals surface area contributed by atoms with E-state index in [-0.39, 0.29) is 89.5 Å². The number of Topliss-reactive ketones (excluding diaryl/α,β-unsaturated/α-hetero) is 3. The van der Waals surface area contributed by atoms with E-state index in [2.05, 4.69) is 68.5 Å². The number of nitrogens with two attached hydrogens (primary N) is 2. The van der Waals surface area contributed by atoms with Crippen molar-refractivity contribution >= 4 is 82.3 Å². The van der Waals surface area contributed by atoms with Crippen molar-refractivity contribution in [2.75, 3.05) is 121 Å². The van der Waals surface area contributed by atoms with Crippen molar-refractivity contribution in [3.63, 3.8) is 0 Å². The quantitative estimate of drug-likeness (QED) is 0.0285. The van der Waals surface area contributed by atoms with Crippen LogP contribution in [0.3, 0.4) is 0 Å². The molecule has 1 aromatic heterocycles. The summed E-state index contributed by atoms with van der Waals surface area (Å²) in [6.45, 7) is 0.0760. The van der Waals surface area contributed by atoms with Gasteiger partial charge in [0, 0.05) is 51.7 Å². The van der Waals surface area contributed by atoms with Crippen molar-refractivity contribution in [2.24, 2.45) is 11.5 Å². The number of rotatable bonds is 69. The number of nitrogens with zero attached hydrogens (tertiary/aromatic N) is 5. The Bertz CT molecular complexity index is 2820. The van der Waals surface area contributed by atoms with Crippen molar-refractivity contribution < 1.29 is 101 Å². The monoisotopic (exact) mass is 1540 g/mol. The molecule has 17 N–H and O–H groups in total. The molecule has 0 spiro atoms. The Morgan fingerprint density at radius 3 is 1.37 bits per heavy atom. The molecule has 1 aromatic rings. The highest BCUT2D eigenvalue weighted by Gasteiger charge is 2.35. The molecule has 1 heterocycles. The first-order valence-electron chi connectivity index (χ1n) is 37.6. The van der Waals surface area contributed by atoms with Gasteiger partial charge >= 0.3 is 0 Å². The lowest BCUT2D eigenvalue weighted by molar-refractivity contribution is -0.136. The molecule has 38 nitrogen and oxygen atoms in total. The van der Waals surface area contributed by atoms with Crippen LogP contribution in [0, 0.1) is 0 Å². The average molecular weight is 1540 g/mol. The Morgan fingerprint density at radius 2 is 0.889 bits per heavy atom. The van der Waals surface area contributed by atoms with E-state index >= 15 is 0 Å². The first kappa shape index (κ1) is 97.9. The number of primary amides is 2. The maximum absolute atomic E-state index is 14.0. The molecule has 38 heteroatoms. The van der Waals surface area contributed by atoms with Gasteiger partial charge in [-0.2, -0.15) is 5.21 Å². The second-order valence-corrected chi connectivity index (χ2v) is 26.9. The zero-order valence-electron chi connectivity index (χ0n) is 64.2. The van der Waals surface area contributed by atoms with Crippen molar-refractivity contribution in [3.05, 3.63) is 5.82 Å². The van der Waals surface area contributed by atoms with Crippen LogP contribution in [-0.4, -0.2) is 297 Å². The third kappa shape index (κ3) is 48.3. The predicted molar refractivity (Wildman–Crippen MR) is 393 cm³/mol. The fourth-order valence-electron chi connectivity index (χ4n) is 10.8. The van der Waals surface area contributed by atoms with Crippen LogP contribution in [0.5, 0.6) is 0 Å². The molecule has 0 aliphatic carbocycles. The van der Waals surface area contributed by atoms with Crippen molar-refractivity contribution in [2.45, 2.75) is 236 Å². The smallest absolute Gasteiger partial charge is 0.246 e. The number of amides is 11. The molecule has 108 heavy (non-hydrogen) atoms. The molecule has 616 valence electrons. The molecular formula is C70H125N17O21. The number of aliphatic hydroxyl groups is 3. The number of hydrogen-bond acceptors (Lipinski definition) is 26. The molecule has 0 aromatic carbocycles. The molecule has 0 aliphatic heterocycles. The molecule has 0 unspecified atom stereocenters. The van der Waals surface area contributed by atoms with Crippen LogP contribution in [-0.2, 0) is 92.5 Å². The number of aliphatic hydroxyl groups excluding tert-OH is 3. The maximum atomic E-state index is 14.0. The van der Waals surface area contributed by atoms with Gasteiger partial charge in [0.2, 0.25) is 65.0 Å². The van der Waals surface area contributed by atoms with Gasteiger partial charge in [-0.05, 0) is 93.0 Å². The first-order chi connectivity index (χ1) is 51.6. The number of H-pyrrole nitrogens is 1. The van der Waals surface area contributed by atoms with Crippen molar-refractivity contribution in [3.8, 4) is 0 Å². The molecule has 1 rings (SSSR count). The van der Waals surface area contributed by atoms with Gasteiger partial charge in [0.1, 0.15) is 55.2 Å². The van der Waals surface area contributed by atoms with Gasteiger partial charge in [0.25, 0.3) is 0 Å². The standard InChI is InChI=1S/C70H125N17O21/c1-7-8-25-50(48(2)91)76-70(104)57(87(5)6)29-30-58(93)54(43-88)80-65(99)51(27-31-59(71)94)77-67(101)53(33-35-86(3)4)79-69(103)56(45-90)81-66(100)52(28-32-60(72)95)78-68(102)55(44-89)75-62(96)42-74-64(98)47-108-41-39-106-37-34-73-63(97)46-107-40-38-105-36-22-24-49(92)23-20-18-16-14-12-10-9-11-13-15-17-19-21-26-61-82-84-85-83-61/h50-57,88-90H,7-47H2,1-6H3,(H2,71,94)(H2,72,95)(H,73,97)(H,74,98)(H,75,96)(H,76,104)(H,77,101)(H,78,102)(H,79,103)(H,80,99)(H,81,100)(H,82,83,84,85)/t50-,51-,52-,53-,54-,55+,56-,57-/m0/s1. The Kier molecular flexibility index (Phi) is 55.1. The normalized spacial score (nSPS) is 13.5. The van der Waals surface area contributed by atoms with Crippen LogP contribution in [0.15, 0.2) is 0 Å². The van der Waals surface area contributed by atoms with Gasteiger partial charge in [0.15, 0.2) is 17.4 Å². The van der Waals surface area contributed by atoms with Gasteiger partial charge < -0.3 is 98.5 Å². The maximum Gasteiger partial charge on any atom is 0.246 e. The zero-order chi connectivity index (χ0) is 80.4. The minimum absolute atomic E-state index is 0.0398. The van der Waals surface area contributed by atoms with E-state index in [1.54, 1.807) is 38.0 Å². The number of unbranched alkanes of at least 4 members (excludes halogenated alkanes) is 13. The summed E-state index contributed by atoms with van der Waals surface area (Å²) in [5.74, 6) is -9.96. The lowest BCUT2D eigenvalue weighted by Gasteiger charge is -2.28. The van der Waals surface area contributed by atoms with Crippen molar-refractivity contribution in [1.29, 1.82) is 0 Å². The number of hydrogen-bond donors (Lipinski definition) is 15. The fourth-order valence-corrected chi connectivity index (χ4v) is 10.8. The van der Waals surface area contributed by atoms with Gasteiger partial charge in [-0.25, -0.2) is 0 Å². The summed E-state index contributed by atoms with van der Waals surface area (Å²) in [4.78, 5) is 184. The highest BCUT2D eigenvalue weighted by atomic mass is 16.5. The van der Waals surface area contributed by atoms with E-state index in [1.165, 1.54) is 64.7 Å². The molecule has 8 atom stereocenters. The lowest BCUT2D eigenvalue weighted by atomic mass is 10.0. The van der Waals surface area contributed by atoms with Crippen LogP contribution in [0.1, 0.15) is 187 Å². The van der Waals surface area contributed by atoms with Gasteiger partial charge in [-0.15, -0.1) is 10.2 Å². The number of aromatic nitrogens is 4. The molecule has 0 saturated heterocycles. The Morgan fingerprint density at radius 1 is 0.444 bits per heavy atom.